The van der Waals surface area contributed by atoms with E-state index in [9.17, 15) is 0 Å². The fourth-order valence-corrected chi connectivity index (χ4v) is 1.97. The van der Waals surface area contributed by atoms with Gasteiger partial charge in [-0.05, 0) is 17.5 Å². The Hall–Kier alpha value is -1.49. The summed E-state index contributed by atoms with van der Waals surface area (Å²) in [6.07, 6.45) is 4.36. The number of nitrogens with one attached hydrogen (secondary N) is 1. The van der Waals surface area contributed by atoms with Crippen molar-refractivity contribution in [1.82, 2.24) is 14.3 Å². The van der Waals surface area contributed by atoms with Crippen molar-refractivity contribution in [3.63, 3.8) is 0 Å². The van der Waals surface area contributed by atoms with Crippen molar-refractivity contribution in [1.29, 1.82) is 0 Å². The minimum Gasteiger partial charge on any atom is -0.360 e. The largest absolute Gasteiger partial charge is 0.360 e. The van der Waals surface area contributed by atoms with Crippen LogP contribution in [0.1, 0.15) is 25.2 Å². The molecule has 0 aliphatic heterocycles. The molecule has 1 N–H and O–H groups in total. The van der Waals surface area contributed by atoms with Crippen molar-refractivity contribution >= 4 is 16.7 Å². The molecule has 2 aromatic heterocycles. The second-order valence-corrected chi connectivity index (χ2v) is 5.08. The van der Waals surface area contributed by atoms with Crippen molar-refractivity contribution in [2.45, 2.75) is 20.3 Å². The molecule has 0 aromatic carbocycles. The molecular weight excluding hydrogens is 232 g/mol. The van der Waals surface area contributed by atoms with E-state index in [0.29, 0.717) is 5.92 Å². The highest BCUT2D eigenvalue weighted by atomic mass is 32.1. The summed E-state index contributed by atoms with van der Waals surface area (Å²) in [5.41, 5.74) is 1.14. The molecule has 0 unspecified atom stereocenters. The van der Waals surface area contributed by atoms with Gasteiger partial charge >= 0.3 is 0 Å². The Morgan fingerprint density at radius 3 is 3.00 bits per heavy atom. The van der Waals surface area contributed by atoms with E-state index in [1.807, 2.05) is 18.3 Å². The number of anilines is 1. The molecule has 0 aliphatic rings. The Kier molecular flexibility index (Phi) is 4.03. The summed E-state index contributed by atoms with van der Waals surface area (Å²) < 4.78 is 4.33. The van der Waals surface area contributed by atoms with Crippen LogP contribution >= 0.6 is 11.5 Å². The van der Waals surface area contributed by atoms with Crippen molar-refractivity contribution < 1.29 is 0 Å². The van der Waals surface area contributed by atoms with E-state index in [0.717, 1.165) is 29.5 Å². The van der Waals surface area contributed by atoms with Crippen molar-refractivity contribution in [2.24, 2.45) is 5.92 Å². The third kappa shape index (κ3) is 3.78. The fourth-order valence-electron chi connectivity index (χ4n) is 1.37. The standard InChI is InChI=1S/C12H16N4S/c1-9(2)7-14-12-15-11(16-17-12)6-10-4-3-5-13-8-10/h3-5,8-9H,6-7H2,1-2H3,(H,14,15,16). The lowest BCUT2D eigenvalue weighted by Gasteiger charge is -2.03. The highest BCUT2D eigenvalue weighted by Gasteiger charge is 2.05. The molecule has 0 saturated heterocycles. The minimum absolute atomic E-state index is 0.612. The van der Waals surface area contributed by atoms with Crippen molar-refractivity contribution in [3.8, 4) is 0 Å². The lowest BCUT2D eigenvalue weighted by Crippen LogP contribution is -2.07. The number of pyridine rings is 1. The predicted molar refractivity (Wildman–Crippen MR) is 70.3 cm³/mol. The van der Waals surface area contributed by atoms with Gasteiger partial charge in [-0.1, -0.05) is 19.9 Å². The van der Waals surface area contributed by atoms with Crippen LogP contribution < -0.4 is 5.32 Å². The van der Waals surface area contributed by atoms with Gasteiger partial charge in [0.2, 0.25) is 5.13 Å². The van der Waals surface area contributed by atoms with E-state index in [-0.39, 0.29) is 0 Å². The zero-order chi connectivity index (χ0) is 12.1. The molecule has 17 heavy (non-hydrogen) atoms. The second-order valence-electron chi connectivity index (χ2n) is 4.33. The molecule has 0 amide bonds. The van der Waals surface area contributed by atoms with E-state index in [2.05, 4.69) is 33.5 Å². The quantitative estimate of drug-likeness (QED) is 0.883. The number of nitrogens with zero attached hydrogens (tertiary/aromatic N) is 3. The molecule has 4 nitrogen and oxygen atoms in total. The molecular formula is C12H16N4S. The predicted octanol–water partition coefficient (Wildman–Crippen LogP) is 2.59. The smallest absolute Gasteiger partial charge is 0.202 e. The average Bonchev–Trinajstić information content (AvgIpc) is 2.75. The monoisotopic (exact) mass is 248 g/mol. The maximum absolute atomic E-state index is 4.45. The Balaban J connectivity index is 1.94. The molecule has 90 valence electrons. The van der Waals surface area contributed by atoms with Gasteiger partial charge in [0.15, 0.2) is 0 Å². The molecule has 0 atom stereocenters. The third-order valence-electron chi connectivity index (χ3n) is 2.21. The van der Waals surface area contributed by atoms with Gasteiger partial charge in [0.05, 0.1) is 0 Å². The van der Waals surface area contributed by atoms with Gasteiger partial charge in [-0.15, -0.1) is 0 Å². The first kappa shape index (κ1) is 12.0. The average molecular weight is 248 g/mol. The van der Waals surface area contributed by atoms with E-state index >= 15 is 0 Å². The van der Waals surface area contributed by atoms with Crippen LogP contribution in [0, 0.1) is 5.92 Å². The number of hydrogen-bond acceptors (Lipinski definition) is 5. The van der Waals surface area contributed by atoms with Crippen LogP contribution in [-0.2, 0) is 6.42 Å². The summed E-state index contributed by atoms with van der Waals surface area (Å²) in [5.74, 6) is 1.47. The lowest BCUT2D eigenvalue weighted by molar-refractivity contribution is 0.688. The zero-order valence-electron chi connectivity index (χ0n) is 10.1. The molecule has 0 aliphatic carbocycles. The molecule has 0 saturated carbocycles. The summed E-state index contributed by atoms with van der Waals surface area (Å²) in [6, 6.07) is 3.97. The Bertz CT molecular complexity index is 453. The molecule has 0 fully saturated rings. The summed E-state index contributed by atoms with van der Waals surface area (Å²) in [5, 5.41) is 4.18. The topological polar surface area (TPSA) is 50.7 Å². The first-order valence-corrected chi connectivity index (χ1v) is 6.46. The van der Waals surface area contributed by atoms with Gasteiger partial charge in [-0.25, -0.2) is 4.98 Å². The number of rotatable bonds is 5. The Morgan fingerprint density at radius 1 is 1.41 bits per heavy atom. The summed E-state index contributed by atoms with van der Waals surface area (Å²) in [4.78, 5) is 8.53. The van der Waals surface area contributed by atoms with Gasteiger partial charge in [0.1, 0.15) is 5.82 Å². The number of hydrogen-bond donors (Lipinski definition) is 1. The zero-order valence-corrected chi connectivity index (χ0v) is 10.9. The van der Waals surface area contributed by atoms with Crippen LogP contribution in [0.4, 0.5) is 5.13 Å². The maximum Gasteiger partial charge on any atom is 0.202 e. The molecule has 0 radical (unpaired) electrons. The van der Waals surface area contributed by atoms with Gasteiger partial charge in [-0.2, -0.15) is 4.37 Å². The Morgan fingerprint density at radius 2 is 2.29 bits per heavy atom. The van der Waals surface area contributed by atoms with Crippen molar-refractivity contribution in [2.75, 3.05) is 11.9 Å². The van der Waals surface area contributed by atoms with Crippen LogP contribution in [0.15, 0.2) is 24.5 Å². The van der Waals surface area contributed by atoms with E-state index < -0.39 is 0 Å². The SMILES string of the molecule is CC(C)CNc1nc(Cc2cccnc2)ns1. The van der Waals surface area contributed by atoms with Gasteiger partial charge in [-0.3, -0.25) is 4.98 Å². The molecule has 0 spiro atoms. The first-order chi connectivity index (χ1) is 8.24. The van der Waals surface area contributed by atoms with Crippen LogP contribution in [0.3, 0.4) is 0 Å². The molecule has 2 aromatic rings. The third-order valence-corrected chi connectivity index (χ3v) is 2.93. The lowest BCUT2D eigenvalue weighted by atomic mass is 10.2. The first-order valence-electron chi connectivity index (χ1n) is 5.69. The summed E-state index contributed by atoms with van der Waals surface area (Å²) >= 11 is 1.42. The Labute approximate surface area is 105 Å². The van der Waals surface area contributed by atoms with Gasteiger partial charge < -0.3 is 5.32 Å². The summed E-state index contributed by atoms with van der Waals surface area (Å²) in [6.45, 7) is 5.27. The van der Waals surface area contributed by atoms with Gasteiger partial charge in [0, 0.05) is 36.9 Å². The molecule has 5 heteroatoms. The number of aromatic nitrogens is 3. The van der Waals surface area contributed by atoms with Gasteiger partial charge in [0.25, 0.3) is 0 Å². The minimum atomic E-state index is 0.612. The van der Waals surface area contributed by atoms with E-state index in [1.165, 1.54) is 11.5 Å². The van der Waals surface area contributed by atoms with Crippen LogP contribution in [0.5, 0.6) is 0 Å². The van der Waals surface area contributed by atoms with Crippen LogP contribution in [0.2, 0.25) is 0 Å². The van der Waals surface area contributed by atoms with E-state index in [1.54, 1.807) is 6.20 Å². The molecule has 2 heterocycles. The summed E-state index contributed by atoms with van der Waals surface area (Å²) in [7, 11) is 0. The molecule has 2 rings (SSSR count). The molecule has 0 bridgehead atoms. The normalized spacial score (nSPS) is 10.8. The second kappa shape index (κ2) is 5.72. The van der Waals surface area contributed by atoms with Crippen LogP contribution in [0.25, 0.3) is 0 Å². The fraction of sp³-hybridized carbons (Fsp3) is 0.417. The van der Waals surface area contributed by atoms with Crippen LogP contribution in [-0.4, -0.2) is 20.9 Å². The highest BCUT2D eigenvalue weighted by molar-refractivity contribution is 7.09. The van der Waals surface area contributed by atoms with E-state index in [4.69, 9.17) is 0 Å². The maximum atomic E-state index is 4.45. The highest BCUT2D eigenvalue weighted by Crippen LogP contribution is 2.14. The van der Waals surface area contributed by atoms with Crippen molar-refractivity contribution in [3.05, 3.63) is 35.9 Å².